The number of aryl methyl sites for hydroxylation is 1. The molecule has 0 aliphatic heterocycles. The maximum Gasteiger partial charge on any atom is 0.230 e. The average Bonchev–Trinajstić information content (AvgIpc) is 2.70. The molecule has 0 bridgehead atoms. The molecule has 4 heteroatoms. The van der Waals surface area contributed by atoms with Crippen LogP contribution < -0.4 is 5.32 Å². The maximum atomic E-state index is 11.6. The van der Waals surface area contributed by atoms with Crippen LogP contribution in [0.2, 0.25) is 0 Å². The van der Waals surface area contributed by atoms with Gasteiger partial charge in [-0.3, -0.25) is 4.79 Å². The number of hydrogen-bond acceptors (Lipinski definition) is 3. The molecule has 3 nitrogen and oxygen atoms in total. The van der Waals surface area contributed by atoms with Crippen molar-refractivity contribution in [3.63, 3.8) is 0 Å². The van der Waals surface area contributed by atoms with Gasteiger partial charge < -0.3 is 5.32 Å². The molecular weight excluding hydrogens is 220 g/mol. The molecule has 0 unspecified atom stereocenters. The van der Waals surface area contributed by atoms with E-state index in [2.05, 4.69) is 10.3 Å². The van der Waals surface area contributed by atoms with Crippen LogP contribution in [-0.2, 0) is 11.2 Å². The molecule has 0 aliphatic rings. The van der Waals surface area contributed by atoms with Gasteiger partial charge in [0.05, 0.1) is 6.42 Å². The summed E-state index contributed by atoms with van der Waals surface area (Å²) in [4.78, 5) is 15.6. The molecule has 1 amide bonds. The number of anilines is 1. The molecule has 0 saturated heterocycles. The molecular formula is C12H12N2OS. The van der Waals surface area contributed by atoms with Crippen LogP contribution in [0.15, 0.2) is 35.8 Å². The summed E-state index contributed by atoms with van der Waals surface area (Å²) in [6.07, 6.45) is 2.06. The third-order valence-corrected chi connectivity index (χ3v) is 2.81. The third kappa shape index (κ3) is 2.90. The summed E-state index contributed by atoms with van der Waals surface area (Å²) >= 11 is 1.42. The zero-order valence-corrected chi connectivity index (χ0v) is 9.75. The van der Waals surface area contributed by atoms with E-state index in [0.717, 1.165) is 5.56 Å². The van der Waals surface area contributed by atoms with Crippen molar-refractivity contribution in [2.24, 2.45) is 0 Å². The van der Waals surface area contributed by atoms with E-state index >= 15 is 0 Å². The van der Waals surface area contributed by atoms with Crippen molar-refractivity contribution in [2.45, 2.75) is 13.3 Å². The van der Waals surface area contributed by atoms with Gasteiger partial charge in [-0.15, -0.1) is 11.3 Å². The van der Waals surface area contributed by atoms with Crippen LogP contribution >= 0.6 is 11.3 Å². The quantitative estimate of drug-likeness (QED) is 0.884. The number of thiazole rings is 1. The van der Waals surface area contributed by atoms with Gasteiger partial charge in [0.15, 0.2) is 5.13 Å². The molecule has 0 radical (unpaired) electrons. The highest BCUT2D eigenvalue weighted by molar-refractivity contribution is 7.13. The van der Waals surface area contributed by atoms with Crippen LogP contribution in [0.4, 0.5) is 5.13 Å². The van der Waals surface area contributed by atoms with E-state index in [4.69, 9.17) is 0 Å². The van der Waals surface area contributed by atoms with E-state index in [1.807, 2.05) is 36.6 Å². The van der Waals surface area contributed by atoms with Crippen LogP contribution in [0.3, 0.4) is 0 Å². The minimum Gasteiger partial charge on any atom is -0.302 e. The summed E-state index contributed by atoms with van der Waals surface area (Å²) in [5, 5.41) is 5.24. The number of benzene rings is 1. The van der Waals surface area contributed by atoms with Crippen LogP contribution in [0, 0.1) is 6.92 Å². The first kappa shape index (κ1) is 10.8. The Hall–Kier alpha value is -1.68. The van der Waals surface area contributed by atoms with Gasteiger partial charge in [0.1, 0.15) is 0 Å². The lowest BCUT2D eigenvalue weighted by Crippen LogP contribution is -2.14. The van der Waals surface area contributed by atoms with Gasteiger partial charge in [-0.2, -0.15) is 0 Å². The Morgan fingerprint density at radius 1 is 1.50 bits per heavy atom. The lowest BCUT2D eigenvalue weighted by atomic mass is 10.1. The molecule has 0 atom stereocenters. The summed E-state index contributed by atoms with van der Waals surface area (Å²) in [6, 6.07) is 7.94. The smallest absolute Gasteiger partial charge is 0.230 e. The van der Waals surface area contributed by atoms with Gasteiger partial charge >= 0.3 is 0 Å². The van der Waals surface area contributed by atoms with Crippen molar-refractivity contribution in [1.29, 1.82) is 0 Å². The second kappa shape index (κ2) is 4.90. The Morgan fingerprint density at radius 2 is 2.38 bits per heavy atom. The number of carbonyl (C=O) groups excluding carboxylic acids is 1. The lowest BCUT2D eigenvalue weighted by molar-refractivity contribution is -0.115. The molecule has 0 fully saturated rings. The topological polar surface area (TPSA) is 42.0 Å². The Bertz CT molecular complexity index is 480. The van der Waals surface area contributed by atoms with Crippen LogP contribution in [-0.4, -0.2) is 10.9 Å². The predicted octanol–water partition coefficient (Wildman–Crippen LogP) is 2.63. The zero-order chi connectivity index (χ0) is 11.4. The summed E-state index contributed by atoms with van der Waals surface area (Å²) < 4.78 is 0. The van der Waals surface area contributed by atoms with Gasteiger partial charge in [0.25, 0.3) is 0 Å². The van der Waals surface area contributed by atoms with Crippen LogP contribution in [0.5, 0.6) is 0 Å². The van der Waals surface area contributed by atoms with Crippen LogP contribution in [0.1, 0.15) is 11.1 Å². The number of amides is 1. The van der Waals surface area contributed by atoms with E-state index < -0.39 is 0 Å². The first-order valence-electron chi connectivity index (χ1n) is 4.99. The number of nitrogens with zero attached hydrogens (tertiary/aromatic N) is 1. The molecule has 0 saturated carbocycles. The normalized spacial score (nSPS) is 10.1. The Labute approximate surface area is 98.2 Å². The molecule has 0 aliphatic carbocycles. The van der Waals surface area contributed by atoms with Gasteiger partial charge in [0.2, 0.25) is 5.91 Å². The number of aromatic nitrogens is 1. The fraction of sp³-hybridized carbons (Fsp3) is 0.167. The zero-order valence-electron chi connectivity index (χ0n) is 8.93. The molecule has 1 aromatic carbocycles. The third-order valence-electron chi connectivity index (χ3n) is 2.13. The molecule has 0 spiro atoms. The van der Waals surface area contributed by atoms with Crippen molar-refractivity contribution in [3.8, 4) is 0 Å². The van der Waals surface area contributed by atoms with Crippen molar-refractivity contribution in [3.05, 3.63) is 47.0 Å². The number of carbonyl (C=O) groups is 1. The van der Waals surface area contributed by atoms with E-state index in [-0.39, 0.29) is 5.91 Å². The number of rotatable bonds is 3. The standard InChI is InChI=1S/C12H12N2OS/c1-9-3-2-4-10(7-9)8-11(15)14-12-13-5-6-16-12/h2-7H,8H2,1H3,(H,13,14,15). The Balaban J connectivity index is 1.97. The lowest BCUT2D eigenvalue weighted by Gasteiger charge is -2.02. The fourth-order valence-corrected chi connectivity index (χ4v) is 2.00. The van der Waals surface area contributed by atoms with Crippen molar-refractivity contribution < 1.29 is 4.79 Å². The van der Waals surface area contributed by atoms with E-state index in [1.54, 1.807) is 6.20 Å². The highest BCUT2D eigenvalue weighted by Crippen LogP contribution is 2.11. The summed E-state index contributed by atoms with van der Waals surface area (Å²) in [5.74, 6) is -0.0273. The summed E-state index contributed by atoms with van der Waals surface area (Å²) in [7, 11) is 0. The molecule has 2 aromatic rings. The van der Waals surface area contributed by atoms with Crippen LogP contribution in [0.25, 0.3) is 0 Å². The predicted molar refractivity (Wildman–Crippen MR) is 65.6 cm³/mol. The van der Waals surface area contributed by atoms with Crippen molar-refractivity contribution in [2.75, 3.05) is 5.32 Å². The number of hydrogen-bond donors (Lipinski definition) is 1. The van der Waals surface area contributed by atoms with Crippen molar-refractivity contribution >= 4 is 22.4 Å². The minimum absolute atomic E-state index is 0.0273. The second-order valence-electron chi connectivity index (χ2n) is 3.55. The summed E-state index contributed by atoms with van der Waals surface area (Å²) in [5.41, 5.74) is 2.19. The molecule has 16 heavy (non-hydrogen) atoms. The van der Waals surface area contributed by atoms with E-state index in [0.29, 0.717) is 11.6 Å². The number of nitrogens with one attached hydrogen (secondary N) is 1. The van der Waals surface area contributed by atoms with Gasteiger partial charge in [-0.1, -0.05) is 29.8 Å². The molecule has 1 aromatic heterocycles. The Morgan fingerprint density at radius 3 is 3.06 bits per heavy atom. The minimum atomic E-state index is -0.0273. The summed E-state index contributed by atoms with van der Waals surface area (Å²) in [6.45, 7) is 2.02. The molecule has 1 N–H and O–H groups in total. The highest BCUT2D eigenvalue weighted by atomic mass is 32.1. The molecule has 1 heterocycles. The van der Waals surface area contributed by atoms with Crippen molar-refractivity contribution in [1.82, 2.24) is 4.98 Å². The first-order valence-corrected chi connectivity index (χ1v) is 5.87. The second-order valence-corrected chi connectivity index (χ2v) is 4.45. The van der Waals surface area contributed by atoms with Gasteiger partial charge in [-0.25, -0.2) is 4.98 Å². The average molecular weight is 232 g/mol. The SMILES string of the molecule is Cc1cccc(CC(=O)Nc2nccs2)c1. The maximum absolute atomic E-state index is 11.6. The fourth-order valence-electron chi connectivity index (χ4n) is 1.46. The monoisotopic (exact) mass is 232 g/mol. The highest BCUT2D eigenvalue weighted by Gasteiger charge is 2.05. The Kier molecular flexibility index (Phi) is 3.31. The van der Waals surface area contributed by atoms with E-state index in [1.165, 1.54) is 16.9 Å². The van der Waals surface area contributed by atoms with E-state index in [9.17, 15) is 4.79 Å². The molecule has 2 rings (SSSR count). The largest absolute Gasteiger partial charge is 0.302 e. The molecule has 82 valence electrons. The van der Waals surface area contributed by atoms with Gasteiger partial charge in [0, 0.05) is 11.6 Å². The van der Waals surface area contributed by atoms with Gasteiger partial charge in [-0.05, 0) is 12.5 Å². The first-order chi connectivity index (χ1) is 7.74.